The highest BCUT2D eigenvalue weighted by Gasteiger charge is 2.23. The average molecular weight is 391 g/mol. The van der Waals surface area contributed by atoms with Gasteiger partial charge in [0.25, 0.3) is 0 Å². The predicted octanol–water partition coefficient (Wildman–Crippen LogP) is 3.73. The minimum absolute atomic E-state index is 0.0465. The number of esters is 1. The van der Waals surface area contributed by atoms with Gasteiger partial charge in [-0.2, -0.15) is 11.8 Å². The Morgan fingerprint density at radius 1 is 1.16 bits per heavy atom. The van der Waals surface area contributed by atoms with E-state index in [9.17, 15) is 9.36 Å². The molecule has 0 aromatic carbocycles. The van der Waals surface area contributed by atoms with Crippen molar-refractivity contribution in [1.82, 2.24) is 4.98 Å². The highest BCUT2D eigenvalue weighted by molar-refractivity contribution is 7.98. The van der Waals surface area contributed by atoms with E-state index in [-0.39, 0.29) is 12.3 Å². The topological polar surface area (TPSA) is 84.0 Å². The van der Waals surface area contributed by atoms with E-state index in [4.69, 9.17) is 18.5 Å². The molecule has 9 heteroatoms. The molecule has 0 radical (unpaired) electrons. The zero-order chi connectivity index (χ0) is 18.5. The number of ether oxygens (including phenoxy) is 2. The second-order valence-electron chi connectivity index (χ2n) is 4.84. The summed E-state index contributed by atoms with van der Waals surface area (Å²) in [7, 11) is -3.14. The molecule has 7 nitrogen and oxygen atoms in total. The van der Waals surface area contributed by atoms with Crippen molar-refractivity contribution in [3.8, 4) is 0 Å². The van der Waals surface area contributed by atoms with E-state index in [1.807, 2.05) is 0 Å². The van der Waals surface area contributed by atoms with Gasteiger partial charge in [-0.25, -0.2) is 4.79 Å². The van der Waals surface area contributed by atoms with Crippen LogP contribution in [0, 0.1) is 0 Å². The standard InChI is InChI=1S/C16H26NO6PS/c1-4-21-16(18)15-9-14(10-17-11-15)12-25-8-7-20-13-24(19,22-5-2)23-6-3/h9-11H,4-8,12-13H2,1-3H3. The quantitative estimate of drug-likeness (QED) is 0.286. The molecule has 0 aliphatic rings. The van der Waals surface area contributed by atoms with Crippen LogP contribution in [0.2, 0.25) is 0 Å². The fourth-order valence-electron chi connectivity index (χ4n) is 1.88. The van der Waals surface area contributed by atoms with Crippen LogP contribution in [0.1, 0.15) is 36.7 Å². The van der Waals surface area contributed by atoms with Crippen LogP contribution in [-0.2, 0) is 28.8 Å². The molecule has 1 aromatic rings. The number of carbonyl (C=O) groups is 1. The molecule has 0 saturated carbocycles. The second-order valence-corrected chi connectivity index (χ2v) is 7.94. The van der Waals surface area contributed by atoms with Gasteiger partial charge in [0.1, 0.15) is 6.35 Å². The summed E-state index contributed by atoms with van der Waals surface area (Å²) in [6.07, 6.45) is 3.17. The molecule has 142 valence electrons. The first-order valence-electron chi connectivity index (χ1n) is 8.19. The number of rotatable bonds is 13. The lowest BCUT2D eigenvalue weighted by molar-refractivity contribution is 0.0525. The number of carbonyl (C=O) groups excluding carboxylic acids is 1. The molecule has 1 rings (SSSR count). The zero-order valence-electron chi connectivity index (χ0n) is 14.9. The highest BCUT2D eigenvalue weighted by atomic mass is 32.2. The monoisotopic (exact) mass is 391 g/mol. The van der Waals surface area contributed by atoms with Gasteiger partial charge in [0.05, 0.1) is 32.0 Å². The summed E-state index contributed by atoms with van der Waals surface area (Å²) >= 11 is 1.63. The Hall–Kier alpha value is -0.920. The molecule has 0 aliphatic heterocycles. The van der Waals surface area contributed by atoms with Crippen molar-refractivity contribution in [2.45, 2.75) is 26.5 Å². The Bertz CT molecular complexity index is 561. The van der Waals surface area contributed by atoms with Crippen molar-refractivity contribution in [1.29, 1.82) is 0 Å². The minimum atomic E-state index is -3.14. The molecule has 25 heavy (non-hydrogen) atoms. The maximum absolute atomic E-state index is 12.2. The third-order valence-electron chi connectivity index (χ3n) is 2.85. The van der Waals surface area contributed by atoms with Crippen LogP contribution in [0.15, 0.2) is 18.5 Å². The lowest BCUT2D eigenvalue weighted by atomic mass is 10.2. The van der Waals surface area contributed by atoms with Gasteiger partial charge in [-0.05, 0) is 32.4 Å². The summed E-state index contributed by atoms with van der Waals surface area (Å²) in [5.74, 6) is 1.04. The number of hydrogen-bond donors (Lipinski definition) is 0. The van der Waals surface area contributed by atoms with Crippen LogP contribution in [0.5, 0.6) is 0 Å². The van der Waals surface area contributed by atoms with E-state index in [2.05, 4.69) is 4.98 Å². The van der Waals surface area contributed by atoms with E-state index in [1.165, 1.54) is 6.20 Å². The fourth-order valence-corrected chi connectivity index (χ4v) is 4.02. The molecule has 0 atom stereocenters. The SMILES string of the molecule is CCOC(=O)c1cncc(CSCCOCP(=O)(OCC)OCC)c1. The van der Waals surface area contributed by atoms with Gasteiger partial charge in [0.2, 0.25) is 0 Å². The average Bonchev–Trinajstić information content (AvgIpc) is 2.59. The largest absolute Gasteiger partial charge is 0.462 e. The lowest BCUT2D eigenvalue weighted by Crippen LogP contribution is -2.06. The van der Waals surface area contributed by atoms with Crippen molar-refractivity contribution >= 4 is 25.3 Å². The van der Waals surface area contributed by atoms with Crippen LogP contribution in [0.3, 0.4) is 0 Å². The summed E-state index contributed by atoms with van der Waals surface area (Å²) in [6, 6.07) is 1.78. The first-order chi connectivity index (χ1) is 12.0. The number of pyridine rings is 1. The Balaban J connectivity index is 2.30. The Morgan fingerprint density at radius 2 is 1.88 bits per heavy atom. The summed E-state index contributed by atoms with van der Waals surface area (Å²) in [6.45, 7) is 6.70. The molecule has 0 fully saturated rings. The third-order valence-corrected chi connectivity index (χ3v) is 5.64. The van der Waals surface area contributed by atoms with Crippen molar-refractivity contribution in [2.24, 2.45) is 0 Å². The van der Waals surface area contributed by atoms with Gasteiger partial charge in [-0.1, -0.05) is 0 Å². The van der Waals surface area contributed by atoms with Crippen LogP contribution >= 0.6 is 19.4 Å². The van der Waals surface area contributed by atoms with Crippen LogP contribution in [-0.4, -0.2) is 49.5 Å². The van der Waals surface area contributed by atoms with Crippen molar-refractivity contribution in [3.63, 3.8) is 0 Å². The normalized spacial score (nSPS) is 11.5. The van der Waals surface area contributed by atoms with Gasteiger partial charge in [0.15, 0.2) is 0 Å². The Labute approximate surface area is 153 Å². The van der Waals surface area contributed by atoms with E-state index < -0.39 is 7.60 Å². The Morgan fingerprint density at radius 3 is 2.52 bits per heavy atom. The third kappa shape index (κ3) is 8.83. The molecule has 0 spiro atoms. The van der Waals surface area contributed by atoms with Gasteiger partial charge in [-0.3, -0.25) is 9.55 Å². The Kier molecular flexibility index (Phi) is 11.0. The van der Waals surface area contributed by atoms with E-state index in [0.29, 0.717) is 43.5 Å². The van der Waals surface area contributed by atoms with E-state index in [1.54, 1.807) is 44.8 Å². The van der Waals surface area contributed by atoms with Crippen molar-refractivity contribution in [3.05, 3.63) is 29.6 Å². The molecule has 1 heterocycles. The fraction of sp³-hybridized carbons (Fsp3) is 0.625. The van der Waals surface area contributed by atoms with Crippen LogP contribution < -0.4 is 0 Å². The highest BCUT2D eigenvalue weighted by Crippen LogP contribution is 2.47. The van der Waals surface area contributed by atoms with Gasteiger partial charge < -0.3 is 18.5 Å². The van der Waals surface area contributed by atoms with Gasteiger partial charge in [-0.15, -0.1) is 0 Å². The van der Waals surface area contributed by atoms with Crippen LogP contribution in [0.25, 0.3) is 0 Å². The summed E-state index contributed by atoms with van der Waals surface area (Å²) in [4.78, 5) is 15.7. The molecule has 0 aliphatic carbocycles. The smallest absolute Gasteiger partial charge is 0.356 e. The molecule has 0 bridgehead atoms. The van der Waals surface area contributed by atoms with Gasteiger partial charge >= 0.3 is 13.6 Å². The summed E-state index contributed by atoms with van der Waals surface area (Å²) < 4.78 is 32.9. The first-order valence-corrected chi connectivity index (χ1v) is 11.1. The summed E-state index contributed by atoms with van der Waals surface area (Å²) in [5.41, 5.74) is 1.38. The van der Waals surface area contributed by atoms with E-state index >= 15 is 0 Å². The van der Waals surface area contributed by atoms with Crippen molar-refractivity contribution in [2.75, 3.05) is 38.5 Å². The molecule has 0 saturated heterocycles. The molecular weight excluding hydrogens is 365 g/mol. The molecule has 1 aromatic heterocycles. The number of aromatic nitrogens is 1. The predicted molar refractivity (Wildman–Crippen MR) is 98.0 cm³/mol. The van der Waals surface area contributed by atoms with E-state index in [0.717, 1.165) is 5.56 Å². The minimum Gasteiger partial charge on any atom is -0.462 e. The maximum Gasteiger partial charge on any atom is 0.356 e. The molecule has 0 unspecified atom stereocenters. The van der Waals surface area contributed by atoms with Crippen molar-refractivity contribution < 1.29 is 27.9 Å². The number of thioether (sulfide) groups is 1. The zero-order valence-corrected chi connectivity index (χ0v) is 16.6. The first kappa shape index (κ1) is 22.1. The number of nitrogens with zero attached hydrogens (tertiary/aromatic N) is 1. The van der Waals surface area contributed by atoms with Crippen LogP contribution in [0.4, 0.5) is 0 Å². The lowest BCUT2D eigenvalue weighted by Gasteiger charge is -2.16. The maximum atomic E-state index is 12.2. The molecule has 0 N–H and O–H groups in total. The number of hydrogen-bond acceptors (Lipinski definition) is 8. The summed E-state index contributed by atoms with van der Waals surface area (Å²) in [5, 5.41) is 0. The molecule has 0 amide bonds. The second kappa shape index (κ2) is 12.4. The van der Waals surface area contributed by atoms with Gasteiger partial charge in [0, 0.05) is 23.9 Å². The molecular formula is C16H26NO6PS.